The number of hydrogen-bond acceptors (Lipinski definition) is 6. The third-order valence-electron chi connectivity index (χ3n) is 4.40. The summed E-state index contributed by atoms with van der Waals surface area (Å²) in [6.45, 7) is 2.32. The number of rotatable bonds is 4. The second-order valence-corrected chi connectivity index (χ2v) is 5.94. The molecule has 2 aromatic rings. The summed E-state index contributed by atoms with van der Waals surface area (Å²) in [4.78, 5) is 27.1. The van der Waals surface area contributed by atoms with Crippen LogP contribution in [-0.4, -0.2) is 54.1 Å². The lowest BCUT2D eigenvalue weighted by Crippen LogP contribution is -2.48. The summed E-state index contributed by atoms with van der Waals surface area (Å²) in [5.74, 6) is 0.105. The lowest BCUT2D eigenvalue weighted by Gasteiger charge is -2.36. The van der Waals surface area contributed by atoms with Gasteiger partial charge in [0.1, 0.15) is 5.75 Å². The van der Waals surface area contributed by atoms with E-state index in [4.69, 9.17) is 4.74 Å². The molecule has 1 aliphatic rings. The molecule has 0 bridgehead atoms. The molecule has 0 aromatic heterocycles. The van der Waals surface area contributed by atoms with Crippen molar-refractivity contribution in [1.29, 1.82) is 0 Å². The summed E-state index contributed by atoms with van der Waals surface area (Å²) in [5, 5.41) is 20.5. The SMILES string of the molecule is COc1ccc(C(=O)N2CCN(c3ccc(O)cc3)CC2)cc1[N+](=O)[O-]. The quantitative estimate of drug-likeness (QED) is 0.666. The number of piperazine rings is 1. The molecule has 1 saturated heterocycles. The fourth-order valence-electron chi connectivity index (χ4n) is 2.98. The first-order chi connectivity index (χ1) is 12.5. The molecule has 136 valence electrons. The molecule has 8 heteroatoms. The fourth-order valence-corrected chi connectivity index (χ4v) is 2.98. The molecule has 3 rings (SSSR count). The molecule has 0 atom stereocenters. The van der Waals surface area contributed by atoms with Crippen molar-refractivity contribution < 1.29 is 19.6 Å². The number of aromatic hydroxyl groups is 1. The molecule has 0 unspecified atom stereocenters. The second kappa shape index (κ2) is 7.30. The molecule has 2 aromatic carbocycles. The van der Waals surface area contributed by atoms with Crippen LogP contribution in [0.15, 0.2) is 42.5 Å². The number of carbonyl (C=O) groups excluding carboxylic acids is 1. The van der Waals surface area contributed by atoms with Crippen LogP contribution < -0.4 is 9.64 Å². The molecular weight excluding hydrogens is 338 g/mol. The van der Waals surface area contributed by atoms with E-state index in [1.807, 2.05) is 12.1 Å². The molecule has 0 saturated carbocycles. The Kier molecular flexibility index (Phi) is 4.92. The highest BCUT2D eigenvalue weighted by atomic mass is 16.6. The Morgan fingerprint density at radius 1 is 1.12 bits per heavy atom. The number of hydrogen-bond donors (Lipinski definition) is 1. The van der Waals surface area contributed by atoms with Crippen molar-refractivity contribution in [2.45, 2.75) is 0 Å². The van der Waals surface area contributed by atoms with Crippen molar-refractivity contribution in [3.05, 3.63) is 58.1 Å². The highest BCUT2D eigenvalue weighted by Gasteiger charge is 2.25. The zero-order valence-corrected chi connectivity index (χ0v) is 14.3. The van der Waals surface area contributed by atoms with Gasteiger partial charge in [-0.3, -0.25) is 14.9 Å². The van der Waals surface area contributed by atoms with E-state index in [1.165, 1.54) is 19.2 Å². The molecule has 1 amide bonds. The standard InChI is InChI=1S/C18H19N3O5/c1-26-17-7-2-13(12-16(17)21(24)25)18(23)20-10-8-19(9-11-20)14-3-5-15(22)6-4-14/h2-7,12,22H,8-11H2,1H3. The zero-order chi connectivity index (χ0) is 18.7. The van der Waals surface area contributed by atoms with E-state index in [2.05, 4.69) is 4.90 Å². The van der Waals surface area contributed by atoms with Gasteiger partial charge in [-0.15, -0.1) is 0 Å². The van der Waals surface area contributed by atoms with E-state index >= 15 is 0 Å². The number of phenolic OH excluding ortho intramolecular Hbond substituents is 1. The highest BCUT2D eigenvalue weighted by molar-refractivity contribution is 5.95. The Labute approximate surface area is 150 Å². The van der Waals surface area contributed by atoms with Crippen LogP contribution in [0, 0.1) is 10.1 Å². The first kappa shape index (κ1) is 17.5. The number of carbonyl (C=O) groups is 1. The van der Waals surface area contributed by atoms with Gasteiger partial charge in [-0.05, 0) is 36.4 Å². The normalized spacial score (nSPS) is 14.2. The smallest absolute Gasteiger partial charge is 0.311 e. The van der Waals surface area contributed by atoms with Crippen molar-refractivity contribution >= 4 is 17.3 Å². The minimum absolute atomic E-state index is 0.128. The zero-order valence-electron chi connectivity index (χ0n) is 14.3. The predicted molar refractivity (Wildman–Crippen MR) is 95.9 cm³/mol. The molecule has 1 N–H and O–H groups in total. The van der Waals surface area contributed by atoms with E-state index in [1.54, 1.807) is 23.1 Å². The van der Waals surface area contributed by atoms with Gasteiger partial charge in [0, 0.05) is 43.5 Å². The molecule has 0 radical (unpaired) electrons. The van der Waals surface area contributed by atoms with Gasteiger partial charge in [-0.2, -0.15) is 0 Å². The van der Waals surface area contributed by atoms with Gasteiger partial charge >= 0.3 is 5.69 Å². The lowest BCUT2D eigenvalue weighted by molar-refractivity contribution is -0.385. The Hall–Kier alpha value is -3.29. The largest absolute Gasteiger partial charge is 0.508 e. The van der Waals surface area contributed by atoms with Crippen LogP contribution in [0.4, 0.5) is 11.4 Å². The number of ether oxygens (including phenoxy) is 1. The summed E-state index contributed by atoms with van der Waals surface area (Å²) < 4.78 is 4.97. The van der Waals surface area contributed by atoms with Crippen LogP contribution in [0.1, 0.15) is 10.4 Å². The highest BCUT2D eigenvalue weighted by Crippen LogP contribution is 2.28. The van der Waals surface area contributed by atoms with E-state index in [0.29, 0.717) is 26.2 Å². The molecule has 8 nitrogen and oxygen atoms in total. The maximum atomic E-state index is 12.7. The summed E-state index contributed by atoms with van der Waals surface area (Å²) in [5.41, 5.74) is 1.03. The molecule has 1 fully saturated rings. The van der Waals surface area contributed by atoms with Crippen LogP contribution in [0.25, 0.3) is 0 Å². The first-order valence-electron chi connectivity index (χ1n) is 8.15. The third-order valence-corrected chi connectivity index (χ3v) is 4.40. The lowest BCUT2D eigenvalue weighted by atomic mass is 10.1. The summed E-state index contributed by atoms with van der Waals surface area (Å²) in [6.07, 6.45) is 0. The second-order valence-electron chi connectivity index (χ2n) is 5.94. The molecular formula is C18H19N3O5. The van der Waals surface area contributed by atoms with Gasteiger partial charge in [0.2, 0.25) is 0 Å². The van der Waals surface area contributed by atoms with Gasteiger partial charge in [0.15, 0.2) is 5.75 Å². The van der Waals surface area contributed by atoms with Crippen molar-refractivity contribution in [2.24, 2.45) is 0 Å². The van der Waals surface area contributed by atoms with Crippen molar-refractivity contribution in [2.75, 3.05) is 38.2 Å². The molecule has 26 heavy (non-hydrogen) atoms. The average molecular weight is 357 g/mol. The van der Waals surface area contributed by atoms with Gasteiger partial charge in [0.25, 0.3) is 5.91 Å². The Bertz CT molecular complexity index is 814. The number of anilines is 1. The van der Waals surface area contributed by atoms with Crippen LogP contribution in [-0.2, 0) is 0 Å². The monoisotopic (exact) mass is 357 g/mol. The molecule has 1 heterocycles. The number of amides is 1. The summed E-state index contributed by atoms with van der Waals surface area (Å²) in [7, 11) is 1.35. The molecule has 0 aliphatic carbocycles. The minimum atomic E-state index is -0.557. The third kappa shape index (κ3) is 3.53. The van der Waals surface area contributed by atoms with E-state index in [9.17, 15) is 20.0 Å². The number of nitro groups is 1. The molecule has 1 aliphatic heterocycles. The van der Waals surface area contributed by atoms with Crippen LogP contribution >= 0.6 is 0 Å². The van der Waals surface area contributed by atoms with Crippen molar-refractivity contribution in [3.8, 4) is 11.5 Å². The van der Waals surface area contributed by atoms with E-state index in [-0.39, 0.29) is 28.7 Å². The van der Waals surface area contributed by atoms with Crippen LogP contribution in [0.2, 0.25) is 0 Å². The number of phenols is 1. The van der Waals surface area contributed by atoms with Gasteiger partial charge in [0.05, 0.1) is 12.0 Å². The van der Waals surface area contributed by atoms with Crippen molar-refractivity contribution in [3.63, 3.8) is 0 Å². The van der Waals surface area contributed by atoms with E-state index < -0.39 is 4.92 Å². The van der Waals surface area contributed by atoms with Crippen molar-refractivity contribution in [1.82, 2.24) is 4.90 Å². The fraction of sp³-hybridized carbons (Fsp3) is 0.278. The Morgan fingerprint density at radius 2 is 1.77 bits per heavy atom. The topological polar surface area (TPSA) is 96.2 Å². The summed E-state index contributed by atoms with van der Waals surface area (Å²) in [6, 6.07) is 11.2. The van der Waals surface area contributed by atoms with Gasteiger partial charge in [-0.1, -0.05) is 0 Å². The summed E-state index contributed by atoms with van der Waals surface area (Å²) >= 11 is 0. The maximum absolute atomic E-state index is 12.7. The van der Waals surface area contributed by atoms with Crippen LogP contribution in [0.3, 0.4) is 0 Å². The Balaban J connectivity index is 1.69. The number of nitro benzene ring substituents is 1. The van der Waals surface area contributed by atoms with E-state index in [0.717, 1.165) is 5.69 Å². The predicted octanol–water partition coefficient (Wildman–Crippen LogP) is 2.27. The minimum Gasteiger partial charge on any atom is -0.508 e. The molecule has 0 spiro atoms. The first-order valence-corrected chi connectivity index (χ1v) is 8.15. The van der Waals surface area contributed by atoms with Gasteiger partial charge in [-0.25, -0.2) is 0 Å². The number of benzene rings is 2. The Morgan fingerprint density at radius 3 is 2.35 bits per heavy atom. The van der Waals surface area contributed by atoms with Gasteiger partial charge < -0.3 is 19.6 Å². The number of methoxy groups -OCH3 is 1. The maximum Gasteiger partial charge on any atom is 0.311 e. The van der Waals surface area contributed by atoms with Crippen LogP contribution in [0.5, 0.6) is 11.5 Å². The average Bonchev–Trinajstić information content (AvgIpc) is 2.67. The number of nitrogens with zero attached hydrogens (tertiary/aromatic N) is 3.